The summed E-state index contributed by atoms with van der Waals surface area (Å²) in [6, 6.07) is 8.09. The van der Waals surface area contributed by atoms with E-state index in [-0.39, 0.29) is 17.4 Å². The van der Waals surface area contributed by atoms with Crippen LogP contribution in [0.4, 0.5) is 0 Å². The van der Waals surface area contributed by atoms with E-state index >= 15 is 0 Å². The predicted molar refractivity (Wildman–Crippen MR) is 103 cm³/mol. The van der Waals surface area contributed by atoms with Crippen molar-refractivity contribution in [2.75, 3.05) is 7.11 Å². The fourth-order valence-electron chi connectivity index (χ4n) is 3.46. The smallest absolute Gasteiger partial charge is 0.279 e. The maximum absolute atomic E-state index is 12.6. The van der Waals surface area contributed by atoms with E-state index in [4.69, 9.17) is 9.57 Å². The molecule has 1 atom stereocenters. The third-order valence-electron chi connectivity index (χ3n) is 4.73. The summed E-state index contributed by atoms with van der Waals surface area (Å²) in [6.07, 6.45) is 3.41. The van der Waals surface area contributed by atoms with Crippen molar-refractivity contribution in [2.45, 2.75) is 45.6 Å². The van der Waals surface area contributed by atoms with Crippen molar-refractivity contribution in [3.8, 4) is 0 Å². The van der Waals surface area contributed by atoms with Crippen LogP contribution in [0.5, 0.6) is 0 Å². The molecule has 0 bridgehead atoms. The number of aryl methyl sites for hydroxylation is 1. The molecule has 3 rings (SSSR count). The van der Waals surface area contributed by atoms with Crippen LogP contribution in [0.15, 0.2) is 35.6 Å². The van der Waals surface area contributed by atoms with Gasteiger partial charge in [0.25, 0.3) is 5.91 Å². The average Bonchev–Trinajstić information content (AvgIpc) is 3.22. The van der Waals surface area contributed by atoms with Gasteiger partial charge in [-0.1, -0.05) is 31.9 Å². The average molecular weight is 368 g/mol. The quantitative estimate of drug-likeness (QED) is 0.444. The van der Waals surface area contributed by atoms with Crippen LogP contribution < -0.4 is 5.48 Å². The first-order chi connectivity index (χ1) is 13.1. The number of carbonyl (C=O) groups is 1. The number of ether oxygens (including phenoxy) is 1. The molecule has 0 spiro atoms. The minimum absolute atomic E-state index is 0.0733. The Hall–Kier alpha value is -2.82. The molecule has 1 unspecified atom stereocenters. The molecule has 1 aromatic carbocycles. The van der Waals surface area contributed by atoms with E-state index in [1.165, 1.54) is 7.11 Å². The Morgan fingerprint density at radius 2 is 2.15 bits per heavy atom. The van der Waals surface area contributed by atoms with Gasteiger partial charge in [0.2, 0.25) is 5.76 Å². The van der Waals surface area contributed by atoms with Crippen LogP contribution in [0.1, 0.15) is 43.9 Å². The maximum atomic E-state index is 12.6. The molecule has 2 heterocycles. The summed E-state index contributed by atoms with van der Waals surface area (Å²) in [5.74, 6) is 1.18. The zero-order chi connectivity index (χ0) is 19.4. The van der Waals surface area contributed by atoms with E-state index in [1.54, 1.807) is 5.94 Å². The number of benzene rings is 1. The molecule has 2 N–H and O–H groups in total. The van der Waals surface area contributed by atoms with Gasteiger partial charge in [0, 0.05) is 22.2 Å². The number of aromatic amines is 1. The lowest BCUT2D eigenvalue weighted by molar-refractivity contribution is -0.127. The Morgan fingerprint density at radius 1 is 1.33 bits per heavy atom. The summed E-state index contributed by atoms with van der Waals surface area (Å²) < 4.78 is 5.81. The van der Waals surface area contributed by atoms with E-state index in [2.05, 4.69) is 17.4 Å². The van der Waals surface area contributed by atoms with Gasteiger partial charge in [0.15, 0.2) is 5.94 Å². The van der Waals surface area contributed by atoms with Gasteiger partial charge < -0.3 is 9.72 Å². The summed E-state index contributed by atoms with van der Waals surface area (Å²) in [5.41, 5.74) is 6.02. The number of amides is 1. The van der Waals surface area contributed by atoms with Gasteiger partial charge in [-0.2, -0.15) is 0 Å². The first-order valence-electron chi connectivity index (χ1n) is 9.18. The van der Waals surface area contributed by atoms with Crippen LogP contribution in [-0.4, -0.2) is 30.0 Å². The minimum Gasteiger partial charge on any atom is -0.474 e. The summed E-state index contributed by atoms with van der Waals surface area (Å²) >= 11 is 0. The molecule has 2 aromatic rings. The van der Waals surface area contributed by atoms with Crippen LogP contribution in [0.3, 0.4) is 0 Å². The highest BCUT2D eigenvalue weighted by atomic mass is 16.6. The number of hydroxylamine groups is 1. The normalized spacial score (nSPS) is 16.6. The number of rotatable bonds is 7. The fraction of sp³-hybridized carbons (Fsp3) is 0.381. The molecular weight excluding hydrogens is 344 g/mol. The van der Waals surface area contributed by atoms with E-state index in [0.29, 0.717) is 12.0 Å². The second-order valence-electron chi connectivity index (χ2n) is 6.73. The second kappa shape index (κ2) is 8.25. The number of unbranched alkanes of at least 4 members (excludes halogenated alkanes) is 2. The minimum atomic E-state index is -0.515. The van der Waals surface area contributed by atoms with Gasteiger partial charge in [0.05, 0.1) is 7.11 Å². The lowest BCUT2D eigenvalue weighted by Gasteiger charge is -2.13. The first kappa shape index (κ1) is 19.0. The van der Waals surface area contributed by atoms with Gasteiger partial charge >= 0.3 is 0 Å². The number of aromatic nitrogens is 1. The summed E-state index contributed by atoms with van der Waals surface area (Å²) in [6.45, 7) is 4.15. The van der Waals surface area contributed by atoms with Gasteiger partial charge in [-0.15, -0.1) is 0 Å². The Labute approximate surface area is 158 Å². The largest absolute Gasteiger partial charge is 0.474 e. The highest BCUT2D eigenvalue weighted by Gasteiger charge is 2.37. The zero-order valence-corrected chi connectivity index (χ0v) is 15.8. The molecule has 1 aliphatic rings. The molecule has 1 aliphatic heterocycles. The summed E-state index contributed by atoms with van der Waals surface area (Å²) in [5, 5.41) is 1.03. The standard InChI is InChI=1S/C21H24N2O4/c1-4-5-6-7-17-19(20(18(12-24)27-17)21(25)23-26-3)16-11-14-9-8-13(2)10-15(14)22-16/h8-11,17,22H,4-7H2,1-3H3,(H,23,25). The van der Waals surface area contributed by atoms with Crippen molar-refractivity contribution in [1.82, 2.24) is 10.5 Å². The Balaban J connectivity index is 2.11. The Morgan fingerprint density at radius 3 is 2.85 bits per heavy atom. The third-order valence-corrected chi connectivity index (χ3v) is 4.73. The van der Waals surface area contributed by atoms with Crippen LogP contribution in [0.25, 0.3) is 16.5 Å². The van der Waals surface area contributed by atoms with E-state index in [1.807, 2.05) is 31.2 Å². The van der Waals surface area contributed by atoms with E-state index < -0.39 is 5.91 Å². The molecule has 6 nitrogen and oxygen atoms in total. The molecule has 0 aliphatic carbocycles. The van der Waals surface area contributed by atoms with Gasteiger partial charge in [-0.25, -0.2) is 10.3 Å². The van der Waals surface area contributed by atoms with Gasteiger partial charge in [-0.3, -0.25) is 9.63 Å². The van der Waals surface area contributed by atoms with Crippen molar-refractivity contribution in [3.63, 3.8) is 0 Å². The van der Waals surface area contributed by atoms with E-state index in [9.17, 15) is 9.59 Å². The predicted octanol–water partition coefficient (Wildman–Crippen LogP) is 3.60. The number of hydrogen-bond donors (Lipinski definition) is 2. The molecule has 1 aromatic heterocycles. The molecule has 0 radical (unpaired) electrons. The van der Waals surface area contributed by atoms with Crippen LogP contribution in [-0.2, 0) is 19.2 Å². The number of hydrogen-bond acceptors (Lipinski definition) is 4. The van der Waals surface area contributed by atoms with Crippen molar-refractivity contribution < 1.29 is 19.2 Å². The number of H-pyrrole nitrogens is 1. The van der Waals surface area contributed by atoms with Crippen molar-refractivity contribution >= 4 is 28.3 Å². The SMILES string of the molecule is CCCCCC1OC(=C=O)C(C(=O)NOC)=C1c1cc2ccc(C)cc2[nH]1. The highest BCUT2D eigenvalue weighted by molar-refractivity contribution is 6.08. The highest BCUT2D eigenvalue weighted by Crippen LogP contribution is 2.39. The molecular formula is C21H24N2O4. The lowest BCUT2D eigenvalue weighted by atomic mass is 9.97. The van der Waals surface area contributed by atoms with Crippen LogP contribution in [0, 0.1) is 6.92 Å². The fourth-order valence-corrected chi connectivity index (χ4v) is 3.46. The molecule has 1 amide bonds. The van der Waals surface area contributed by atoms with Crippen molar-refractivity contribution in [1.29, 1.82) is 0 Å². The molecule has 6 heteroatoms. The van der Waals surface area contributed by atoms with Crippen LogP contribution in [0.2, 0.25) is 0 Å². The molecule has 0 fully saturated rings. The Kier molecular flexibility index (Phi) is 5.79. The third kappa shape index (κ3) is 3.82. The summed E-state index contributed by atoms with van der Waals surface area (Å²) in [4.78, 5) is 32.1. The van der Waals surface area contributed by atoms with Gasteiger partial charge in [0.1, 0.15) is 11.7 Å². The molecule has 142 valence electrons. The number of fused-ring (bicyclic) bond motifs is 1. The molecule has 27 heavy (non-hydrogen) atoms. The van der Waals surface area contributed by atoms with E-state index in [0.717, 1.165) is 41.4 Å². The number of nitrogens with one attached hydrogen (secondary N) is 2. The Bertz CT molecular complexity index is 935. The lowest BCUT2D eigenvalue weighted by Crippen LogP contribution is -2.24. The monoisotopic (exact) mass is 368 g/mol. The van der Waals surface area contributed by atoms with Crippen LogP contribution >= 0.6 is 0 Å². The maximum Gasteiger partial charge on any atom is 0.279 e. The molecule has 0 saturated carbocycles. The van der Waals surface area contributed by atoms with Crippen molar-refractivity contribution in [2.24, 2.45) is 0 Å². The zero-order valence-electron chi connectivity index (χ0n) is 15.8. The first-order valence-corrected chi connectivity index (χ1v) is 9.18. The topological polar surface area (TPSA) is 80.4 Å². The van der Waals surface area contributed by atoms with Gasteiger partial charge in [-0.05, 0) is 37.5 Å². The molecule has 0 saturated heterocycles. The second-order valence-corrected chi connectivity index (χ2v) is 6.73. The number of carbonyl (C=O) groups excluding carboxylic acids is 2. The summed E-state index contributed by atoms with van der Waals surface area (Å²) in [7, 11) is 1.35. The van der Waals surface area contributed by atoms with Crippen molar-refractivity contribution in [3.05, 3.63) is 46.9 Å².